The fourth-order valence-electron chi connectivity index (χ4n) is 1.87. The predicted octanol–water partition coefficient (Wildman–Crippen LogP) is 0.665. The number of rotatable bonds is 3. The number of aryl methyl sites for hydroxylation is 3. The van der Waals surface area contributed by atoms with Crippen molar-refractivity contribution in [1.29, 1.82) is 0 Å². The fraction of sp³-hybridized carbons (Fsp3) is 0.286. The number of carbonyl (C=O) groups is 2. The van der Waals surface area contributed by atoms with Gasteiger partial charge in [0.2, 0.25) is 0 Å². The van der Waals surface area contributed by atoms with E-state index < -0.39 is 5.91 Å². The number of pyridine rings is 1. The Morgan fingerprint density at radius 1 is 1.14 bits per heavy atom. The second-order valence-electron chi connectivity index (χ2n) is 4.75. The first kappa shape index (κ1) is 14.7. The van der Waals surface area contributed by atoms with Gasteiger partial charge >= 0.3 is 0 Å². The summed E-state index contributed by atoms with van der Waals surface area (Å²) in [6.07, 6.45) is 0. The van der Waals surface area contributed by atoms with Crippen molar-refractivity contribution in [2.45, 2.75) is 27.3 Å². The molecule has 0 radical (unpaired) electrons. The van der Waals surface area contributed by atoms with E-state index in [2.05, 4.69) is 20.9 Å². The minimum Gasteiger partial charge on any atom is -0.271 e. The largest absolute Gasteiger partial charge is 0.288 e. The van der Waals surface area contributed by atoms with Crippen LogP contribution in [-0.4, -0.2) is 26.6 Å². The van der Waals surface area contributed by atoms with E-state index in [0.717, 1.165) is 17.1 Å². The Hall–Kier alpha value is -2.70. The topological polar surface area (TPSA) is 88.9 Å². The van der Waals surface area contributed by atoms with Crippen LogP contribution in [0.15, 0.2) is 24.3 Å². The number of aromatic nitrogens is 3. The van der Waals surface area contributed by atoms with Crippen LogP contribution < -0.4 is 10.9 Å². The van der Waals surface area contributed by atoms with Crippen LogP contribution in [0, 0.1) is 20.8 Å². The number of hydrazine groups is 1. The zero-order valence-corrected chi connectivity index (χ0v) is 12.2. The summed E-state index contributed by atoms with van der Waals surface area (Å²) in [6.45, 7) is 5.55. The van der Waals surface area contributed by atoms with Gasteiger partial charge in [-0.25, -0.2) is 4.98 Å². The normalized spacial score (nSPS) is 10.2. The molecular formula is C14H17N5O2. The summed E-state index contributed by atoms with van der Waals surface area (Å²) >= 11 is 0. The van der Waals surface area contributed by atoms with Crippen LogP contribution in [0.1, 0.15) is 27.6 Å². The Labute approximate surface area is 122 Å². The van der Waals surface area contributed by atoms with Gasteiger partial charge in [-0.3, -0.25) is 25.1 Å². The molecule has 2 heterocycles. The monoisotopic (exact) mass is 287 g/mol. The maximum Gasteiger partial charge on any atom is 0.288 e. The Balaban J connectivity index is 1.89. The highest BCUT2D eigenvalue weighted by atomic mass is 16.2. The van der Waals surface area contributed by atoms with Crippen molar-refractivity contribution in [3.05, 3.63) is 47.0 Å². The molecule has 0 aliphatic rings. The van der Waals surface area contributed by atoms with Gasteiger partial charge in [0.05, 0.1) is 5.69 Å². The van der Waals surface area contributed by atoms with Gasteiger partial charge in [0.25, 0.3) is 11.8 Å². The lowest BCUT2D eigenvalue weighted by Crippen LogP contribution is -2.43. The summed E-state index contributed by atoms with van der Waals surface area (Å²) in [6, 6.07) is 6.98. The van der Waals surface area contributed by atoms with Crippen molar-refractivity contribution >= 4 is 11.8 Å². The summed E-state index contributed by atoms with van der Waals surface area (Å²) in [5, 5.41) is 4.18. The first-order chi connectivity index (χ1) is 9.95. The van der Waals surface area contributed by atoms with Gasteiger partial charge in [-0.1, -0.05) is 6.07 Å². The first-order valence-corrected chi connectivity index (χ1v) is 6.49. The van der Waals surface area contributed by atoms with Crippen molar-refractivity contribution < 1.29 is 9.59 Å². The van der Waals surface area contributed by atoms with E-state index in [9.17, 15) is 9.59 Å². The molecule has 0 aliphatic carbocycles. The number of amides is 2. The highest BCUT2D eigenvalue weighted by Gasteiger charge is 2.10. The Kier molecular flexibility index (Phi) is 4.32. The quantitative estimate of drug-likeness (QED) is 0.812. The van der Waals surface area contributed by atoms with E-state index in [4.69, 9.17) is 0 Å². The lowest BCUT2D eigenvalue weighted by atomic mass is 10.3. The van der Waals surface area contributed by atoms with Crippen LogP contribution >= 0.6 is 0 Å². The van der Waals surface area contributed by atoms with Crippen LogP contribution in [0.2, 0.25) is 0 Å². The maximum atomic E-state index is 11.8. The van der Waals surface area contributed by atoms with Crippen molar-refractivity contribution in [2.24, 2.45) is 0 Å². The van der Waals surface area contributed by atoms with Gasteiger partial charge in [0, 0.05) is 11.4 Å². The molecule has 7 heteroatoms. The average molecular weight is 287 g/mol. The molecule has 2 N–H and O–H groups in total. The molecule has 7 nitrogen and oxygen atoms in total. The molecule has 0 fully saturated rings. The van der Waals surface area contributed by atoms with E-state index in [-0.39, 0.29) is 18.1 Å². The smallest absolute Gasteiger partial charge is 0.271 e. The highest BCUT2D eigenvalue weighted by Crippen LogP contribution is 2.01. The summed E-state index contributed by atoms with van der Waals surface area (Å²) < 4.78 is 1.57. The number of nitrogens with one attached hydrogen (secondary N) is 2. The van der Waals surface area contributed by atoms with Gasteiger partial charge in [-0.15, -0.1) is 0 Å². The van der Waals surface area contributed by atoms with E-state index in [0.29, 0.717) is 0 Å². The third-order valence-corrected chi connectivity index (χ3v) is 2.83. The van der Waals surface area contributed by atoms with Gasteiger partial charge in [-0.2, -0.15) is 5.10 Å². The van der Waals surface area contributed by atoms with E-state index in [1.54, 1.807) is 29.8 Å². The van der Waals surface area contributed by atoms with Gasteiger partial charge in [0.15, 0.2) is 0 Å². The van der Waals surface area contributed by atoms with E-state index in [1.165, 1.54) is 0 Å². The number of hydrogen-bond donors (Lipinski definition) is 2. The van der Waals surface area contributed by atoms with Gasteiger partial charge in [-0.05, 0) is 39.0 Å². The van der Waals surface area contributed by atoms with Crippen molar-refractivity contribution in [3.8, 4) is 0 Å². The molecule has 2 aromatic heterocycles. The van der Waals surface area contributed by atoms with Crippen molar-refractivity contribution in [2.75, 3.05) is 0 Å². The molecule has 0 unspecified atom stereocenters. The number of hydrogen-bond acceptors (Lipinski definition) is 4. The highest BCUT2D eigenvalue weighted by molar-refractivity contribution is 5.93. The Morgan fingerprint density at radius 3 is 2.52 bits per heavy atom. The summed E-state index contributed by atoms with van der Waals surface area (Å²) in [5.74, 6) is -0.817. The zero-order valence-electron chi connectivity index (χ0n) is 12.2. The maximum absolute atomic E-state index is 11.8. The van der Waals surface area contributed by atoms with Gasteiger partial charge in [0.1, 0.15) is 12.2 Å². The Morgan fingerprint density at radius 2 is 1.90 bits per heavy atom. The number of nitrogens with zero attached hydrogens (tertiary/aromatic N) is 3. The molecule has 110 valence electrons. The number of carbonyl (C=O) groups excluding carboxylic acids is 2. The summed E-state index contributed by atoms with van der Waals surface area (Å²) in [7, 11) is 0. The third kappa shape index (κ3) is 3.88. The molecule has 2 aromatic rings. The molecule has 21 heavy (non-hydrogen) atoms. The Bertz CT molecular complexity index is 678. The van der Waals surface area contributed by atoms with Crippen LogP contribution in [0.25, 0.3) is 0 Å². The SMILES string of the molecule is Cc1cccc(C(=O)NNC(=O)Cn2nc(C)cc2C)n1. The van der Waals surface area contributed by atoms with Crippen molar-refractivity contribution in [3.63, 3.8) is 0 Å². The zero-order chi connectivity index (χ0) is 15.4. The second-order valence-corrected chi connectivity index (χ2v) is 4.75. The predicted molar refractivity (Wildman–Crippen MR) is 76.3 cm³/mol. The fourth-order valence-corrected chi connectivity index (χ4v) is 1.87. The van der Waals surface area contributed by atoms with E-state index in [1.807, 2.05) is 19.9 Å². The molecule has 0 bridgehead atoms. The van der Waals surface area contributed by atoms with Crippen LogP contribution in [0.4, 0.5) is 0 Å². The minimum atomic E-state index is -0.458. The standard InChI is InChI=1S/C14H17N5O2/c1-9-5-4-6-12(15-9)14(21)17-16-13(20)8-19-11(3)7-10(2)18-19/h4-7H,8H2,1-3H3,(H,16,20)(H,17,21). The molecule has 0 atom stereocenters. The molecule has 0 spiro atoms. The molecule has 0 saturated carbocycles. The summed E-state index contributed by atoms with van der Waals surface area (Å²) in [4.78, 5) is 27.7. The first-order valence-electron chi connectivity index (χ1n) is 6.49. The summed E-state index contributed by atoms with van der Waals surface area (Å²) in [5.41, 5.74) is 7.39. The van der Waals surface area contributed by atoms with Crippen LogP contribution in [0.3, 0.4) is 0 Å². The molecular weight excluding hydrogens is 270 g/mol. The lowest BCUT2D eigenvalue weighted by Gasteiger charge is -2.08. The molecule has 2 rings (SSSR count). The minimum absolute atomic E-state index is 0.0429. The van der Waals surface area contributed by atoms with Crippen LogP contribution in [0.5, 0.6) is 0 Å². The van der Waals surface area contributed by atoms with Gasteiger partial charge < -0.3 is 0 Å². The third-order valence-electron chi connectivity index (χ3n) is 2.83. The van der Waals surface area contributed by atoms with Crippen molar-refractivity contribution in [1.82, 2.24) is 25.6 Å². The molecule has 0 saturated heterocycles. The molecule has 2 amide bonds. The molecule has 0 aliphatic heterocycles. The van der Waals surface area contributed by atoms with Crippen LogP contribution in [-0.2, 0) is 11.3 Å². The second kappa shape index (κ2) is 6.17. The lowest BCUT2D eigenvalue weighted by molar-refractivity contribution is -0.122. The van der Waals surface area contributed by atoms with E-state index >= 15 is 0 Å². The molecule has 0 aromatic carbocycles. The average Bonchev–Trinajstić information content (AvgIpc) is 2.74.